The first kappa shape index (κ1) is 16.9. The van der Waals surface area contributed by atoms with E-state index in [0.717, 1.165) is 56.4 Å². The SMILES string of the molecule is CCNc1cc(CC(C)C)nc(CCN(CC)CC)n1. The normalized spacial score (nSPS) is 11.3. The second-order valence-electron chi connectivity index (χ2n) is 5.57. The molecule has 0 amide bonds. The lowest BCUT2D eigenvalue weighted by molar-refractivity contribution is 0.305. The zero-order valence-corrected chi connectivity index (χ0v) is 13.7. The predicted molar refractivity (Wildman–Crippen MR) is 86.2 cm³/mol. The molecule has 1 N–H and O–H groups in total. The Hall–Kier alpha value is -1.16. The molecule has 0 unspecified atom stereocenters. The maximum absolute atomic E-state index is 4.72. The molecule has 0 aliphatic heterocycles. The third-order valence-corrected chi connectivity index (χ3v) is 3.35. The highest BCUT2D eigenvalue weighted by Gasteiger charge is 2.08. The topological polar surface area (TPSA) is 41.1 Å². The maximum atomic E-state index is 4.72. The van der Waals surface area contributed by atoms with Crippen molar-refractivity contribution in [3.63, 3.8) is 0 Å². The first-order valence-electron chi connectivity index (χ1n) is 7.92. The lowest BCUT2D eigenvalue weighted by Gasteiger charge is -2.17. The second kappa shape index (κ2) is 8.90. The molecule has 1 aromatic heterocycles. The number of nitrogens with zero attached hydrogens (tertiary/aromatic N) is 3. The van der Waals surface area contributed by atoms with Crippen molar-refractivity contribution in [3.8, 4) is 0 Å². The van der Waals surface area contributed by atoms with Crippen molar-refractivity contribution in [2.75, 3.05) is 31.5 Å². The maximum Gasteiger partial charge on any atom is 0.132 e. The number of hydrogen-bond acceptors (Lipinski definition) is 4. The van der Waals surface area contributed by atoms with E-state index >= 15 is 0 Å². The smallest absolute Gasteiger partial charge is 0.132 e. The Balaban J connectivity index is 2.79. The molecular weight excluding hydrogens is 248 g/mol. The molecule has 0 aromatic carbocycles. The zero-order valence-electron chi connectivity index (χ0n) is 13.7. The molecule has 0 radical (unpaired) electrons. The molecule has 20 heavy (non-hydrogen) atoms. The summed E-state index contributed by atoms with van der Waals surface area (Å²) in [5.74, 6) is 2.55. The van der Waals surface area contributed by atoms with Gasteiger partial charge in [-0.25, -0.2) is 9.97 Å². The van der Waals surface area contributed by atoms with E-state index in [9.17, 15) is 0 Å². The van der Waals surface area contributed by atoms with Crippen LogP contribution in [0.25, 0.3) is 0 Å². The van der Waals surface area contributed by atoms with Gasteiger partial charge in [-0.05, 0) is 32.4 Å². The molecule has 1 heterocycles. The minimum atomic E-state index is 0.620. The first-order chi connectivity index (χ1) is 9.58. The third kappa shape index (κ3) is 5.87. The van der Waals surface area contributed by atoms with E-state index in [1.54, 1.807) is 0 Å². The van der Waals surface area contributed by atoms with Gasteiger partial charge in [-0.15, -0.1) is 0 Å². The molecule has 0 aliphatic carbocycles. The van der Waals surface area contributed by atoms with Crippen molar-refractivity contribution in [2.45, 2.75) is 47.5 Å². The van der Waals surface area contributed by atoms with Gasteiger partial charge in [0.05, 0.1) is 0 Å². The van der Waals surface area contributed by atoms with E-state index < -0.39 is 0 Å². The van der Waals surface area contributed by atoms with Crippen LogP contribution in [0.3, 0.4) is 0 Å². The molecule has 0 saturated heterocycles. The van der Waals surface area contributed by atoms with Crippen LogP contribution >= 0.6 is 0 Å². The third-order valence-electron chi connectivity index (χ3n) is 3.35. The Kier molecular flexibility index (Phi) is 7.52. The summed E-state index contributed by atoms with van der Waals surface area (Å²) >= 11 is 0. The number of rotatable bonds is 9. The van der Waals surface area contributed by atoms with Gasteiger partial charge < -0.3 is 10.2 Å². The van der Waals surface area contributed by atoms with Crippen LogP contribution in [0.1, 0.15) is 46.1 Å². The summed E-state index contributed by atoms with van der Waals surface area (Å²) in [4.78, 5) is 11.7. The summed E-state index contributed by atoms with van der Waals surface area (Å²) in [6.07, 6.45) is 1.94. The van der Waals surface area contributed by atoms with Crippen molar-refractivity contribution in [2.24, 2.45) is 5.92 Å². The average Bonchev–Trinajstić information content (AvgIpc) is 2.39. The molecule has 0 saturated carbocycles. The highest BCUT2D eigenvalue weighted by atomic mass is 15.1. The van der Waals surface area contributed by atoms with Gasteiger partial charge in [-0.3, -0.25) is 0 Å². The van der Waals surface area contributed by atoms with Gasteiger partial charge in [-0.1, -0.05) is 27.7 Å². The van der Waals surface area contributed by atoms with Crippen molar-refractivity contribution < 1.29 is 0 Å². The van der Waals surface area contributed by atoms with E-state index in [1.165, 1.54) is 0 Å². The highest BCUT2D eigenvalue weighted by Crippen LogP contribution is 2.12. The van der Waals surface area contributed by atoms with Crippen LogP contribution in [0.5, 0.6) is 0 Å². The van der Waals surface area contributed by atoms with Gasteiger partial charge in [0.2, 0.25) is 0 Å². The molecule has 1 rings (SSSR count). The van der Waals surface area contributed by atoms with Crippen molar-refractivity contribution >= 4 is 5.82 Å². The largest absolute Gasteiger partial charge is 0.370 e. The van der Waals surface area contributed by atoms with E-state index in [1.807, 2.05) is 0 Å². The summed E-state index contributed by atoms with van der Waals surface area (Å²) in [5, 5.41) is 3.31. The van der Waals surface area contributed by atoms with Gasteiger partial charge in [0.25, 0.3) is 0 Å². The fourth-order valence-corrected chi connectivity index (χ4v) is 2.26. The van der Waals surface area contributed by atoms with Crippen LogP contribution in [0.4, 0.5) is 5.82 Å². The van der Waals surface area contributed by atoms with Crippen molar-refractivity contribution in [3.05, 3.63) is 17.6 Å². The van der Waals surface area contributed by atoms with E-state index in [4.69, 9.17) is 4.98 Å². The molecule has 0 bridgehead atoms. The van der Waals surface area contributed by atoms with Crippen LogP contribution in [0, 0.1) is 5.92 Å². The number of likely N-dealkylation sites (N-methyl/N-ethyl adjacent to an activating group) is 1. The molecule has 4 nitrogen and oxygen atoms in total. The molecule has 0 atom stereocenters. The number of nitrogens with one attached hydrogen (secondary N) is 1. The fourth-order valence-electron chi connectivity index (χ4n) is 2.26. The number of anilines is 1. The Morgan fingerprint density at radius 2 is 1.85 bits per heavy atom. The quantitative estimate of drug-likeness (QED) is 0.754. The molecule has 114 valence electrons. The fraction of sp³-hybridized carbons (Fsp3) is 0.750. The number of hydrogen-bond donors (Lipinski definition) is 1. The molecule has 0 aliphatic rings. The minimum absolute atomic E-state index is 0.620. The molecule has 0 spiro atoms. The van der Waals surface area contributed by atoms with Gasteiger partial charge in [0, 0.05) is 31.3 Å². The summed E-state index contributed by atoms with van der Waals surface area (Å²) in [5.41, 5.74) is 1.15. The lowest BCUT2D eigenvalue weighted by Crippen LogP contribution is -2.26. The van der Waals surface area contributed by atoms with Crippen LogP contribution in [0.15, 0.2) is 6.07 Å². The molecule has 1 aromatic rings. The minimum Gasteiger partial charge on any atom is -0.370 e. The summed E-state index contributed by atoms with van der Waals surface area (Å²) in [6.45, 7) is 15.0. The predicted octanol–water partition coefficient (Wildman–Crippen LogP) is 2.99. The molecule has 4 heteroatoms. The Bertz CT molecular complexity index is 386. The Morgan fingerprint density at radius 3 is 2.40 bits per heavy atom. The van der Waals surface area contributed by atoms with Crippen molar-refractivity contribution in [1.29, 1.82) is 0 Å². The van der Waals surface area contributed by atoms with Gasteiger partial charge in [-0.2, -0.15) is 0 Å². The van der Waals surface area contributed by atoms with Crippen molar-refractivity contribution in [1.82, 2.24) is 14.9 Å². The molecular formula is C16H30N4. The monoisotopic (exact) mass is 278 g/mol. The average molecular weight is 278 g/mol. The summed E-state index contributed by atoms with van der Waals surface area (Å²) in [6, 6.07) is 2.09. The first-order valence-corrected chi connectivity index (χ1v) is 7.92. The van der Waals surface area contributed by atoms with Gasteiger partial charge in [0.1, 0.15) is 11.6 Å². The van der Waals surface area contributed by atoms with Gasteiger partial charge >= 0.3 is 0 Å². The lowest BCUT2D eigenvalue weighted by atomic mass is 10.1. The second-order valence-corrected chi connectivity index (χ2v) is 5.57. The Morgan fingerprint density at radius 1 is 1.15 bits per heavy atom. The Labute approximate surface area is 124 Å². The van der Waals surface area contributed by atoms with Gasteiger partial charge in [0.15, 0.2) is 0 Å². The summed E-state index contributed by atoms with van der Waals surface area (Å²) in [7, 11) is 0. The van der Waals surface area contributed by atoms with E-state index in [0.29, 0.717) is 5.92 Å². The van der Waals surface area contributed by atoms with Crippen LogP contribution < -0.4 is 5.32 Å². The van der Waals surface area contributed by atoms with Crippen LogP contribution in [0.2, 0.25) is 0 Å². The van der Waals surface area contributed by atoms with E-state index in [2.05, 4.69) is 55.9 Å². The highest BCUT2D eigenvalue weighted by molar-refractivity contribution is 5.36. The zero-order chi connectivity index (χ0) is 15.0. The van der Waals surface area contributed by atoms with E-state index in [-0.39, 0.29) is 0 Å². The standard InChI is InChI=1S/C16H30N4/c1-6-17-16-12-14(11-13(4)5)18-15(19-16)9-10-20(7-2)8-3/h12-13H,6-11H2,1-5H3,(H,17,18,19). The number of aromatic nitrogens is 2. The summed E-state index contributed by atoms with van der Waals surface area (Å²) < 4.78 is 0. The van der Waals surface area contributed by atoms with Crippen LogP contribution in [-0.2, 0) is 12.8 Å². The molecule has 0 fully saturated rings. The van der Waals surface area contributed by atoms with Crippen LogP contribution in [-0.4, -0.2) is 41.0 Å².